The zero-order valence-corrected chi connectivity index (χ0v) is 16.2. The fraction of sp³-hybridized carbons (Fsp3) is 0.286. The molecular weight excluding hydrogens is 392 g/mol. The highest BCUT2D eigenvalue weighted by Crippen LogP contribution is 2.17. The molecule has 5 heteroatoms. The zero-order valence-electron chi connectivity index (χ0n) is 14.7. The van der Waals surface area contributed by atoms with Crippen molar-refractivity contribution in [3.63, 3.8) is 0 Å². The van der Waals surface area contributed by atoms with Crippen LogP contribution in [0.25, 0.3) is 6.08 Å². The Balaban J connectivity index is 1.46. The van der Waals surface area contributed by atoms with E-state index >= 15 is 0 Å². The number of amides is 1. The molecule has 1 saturated heterocycles. The Hall–Kier alpha value is -1.95. The average Bonchev–Trinajstić information content (AvgIpc) is 2.68. The average molecular weight is 415 g/mol. The largest absolute Gasteiger partial charge is 0.379 e. The van der Waals surface area contributed by atoms with Crippen molar-refractivity contribution in [3.8, 4) is 0 Å². The summed E-state index contributed by atoms with van der Waals surface area (Å²) in [5.41, 5.74) is 3.37. The number of ether oxygens (including phenoxy) is 1. The van der Waals surface area contributed by atoms with Gasteiger partial charge in [-0.1, -0.05) is 58.4 Å². The van der Waals surface area contributed by atoms with Gasteiger partial charge in [-0.15, -0.1) is 0 Å². The van der Waals surface area contributed by atoms with Gasteiger partial charge in [0.15, 0.2) is 0 Å². The minimum absolute atomic E-state index is 0.0989. The van der Waals surface area contributed by atoms with Gasteiger partial charge in [0.25, 0.3) is 0 Å². The number of benzene rings is 2. The minimum Gasteiger partial charge on any atom is -0.379 e. The molecule has 136 valence electrons. The third-order valence-corrected chi connectivity index (χ3v) is 5.04. The van der Waals surface area contributed by atoms with E-state index < -0.39 is 0 Å². The van der Waals surface area contributed by atoms with E-state index in [0.717, 1.165) is 48.4 Å². The van der Waals surface area contributed by atoms with E-state index in [1.165, 1.54) is 5.56 Å². The minimum atomic E-state index is -0.0989. The quantitative estimate of drug-likeness (QED) is 0.733. The second kappa shape index (κ2) is 9.67. The molecule has 1 aliphatic heterocycles. The molecule has 1 N–H and O–H groups in total. The van der Waals surface area contributed by atoms with Crippen molar-refractivity contribution in [3.05, 3.63) is 75.8 Å². The second-order valence-corrected chi connectivity index (χ2v) is 7.13. The highest BCUT2D eigenvalue weighted by molar-refractivity contribution is 9.10. The van der Waals surface area contributed by atoms with Crippen LogP contribution in [0.15, 0.2) is 59.1 Å². The fourth-order valence-corrected chi connectivity index (χ4v) is 3.22. The molecule has 1 aliphatic rings. The number of nitrogens with zero attached hydrogens (tertiary/aromatic N) is 1. The Morgan fingerprint density at radius 3 is 2.50 bits per heavy atom. The van der Waals surface area contributed by atoms with Crippen LogP contribution in [0.4, 0.5) is 0 Å². The normalized spacial score (nSPS) is 15.3. The summed E-state index contributed by atoms with van der Waals surface area (Å²) in [4.78, 5) is 14.4. The van der Waals surface area contributed by atoms with E-state index in [9.17, 15) is 4.79 Å². The summed E-state index contributed by atoms with van der Waals surface area (Å²) in [6.45, 7) is 5.08. The molecule has 0 atom stereocenters. The van der Waals surface area contributed by atoms with Crippen molar-refractivity contribution in [1.29, 1.82) is 0 Å². The maximum atomic E-state index is 12.0. The van der Waals surface area contributed by atoms with Gasteiger partial charge in [-0.2, -0.15) is 0 Å². The zero-order chi connectivity index (χ0) is 18.2. The van der Waals surface area contributed by atoms with Crippen LogP contribution < -0.4 is 5.32 Å². The number of morpholine rings is 1. The maximum Gasteiger partial charge on any atom is 0.244 e. The Morgan fingerprint density at radius 1 is 1.08 bits per heavy atom. The molecule has 0 radical (unpaired) electrons. The molecule has 26 heavy (non-hydrogen) atoms. The van der Waals surface area contributed by atoms with Crippen molar-refractivity contribution in [1.82, 2.24) is 10.2 Å². The lowest BCUT2D eigenvalue weighted by Crippen LogP contribution is -2.35. The maximum absolute atomic E-state index is 12.0. The lowest BCUT2D eigenvalue weighted by Gasteiger charge is -2.26. The Morgan fingerprint density at radius 2 is 1.77 bits per heavy atom. The fourth-order valence-electron chi connectivity index (χ4n) is 2.80. The standard InChI is InChI=1S/C21H23BrN2O2/c22-20-4-2-1-3-19(20)9-10-21(25)23-15-17-5-7-18(8-6-17)16-24-11-13-26-14-12-24/h1-10H,11-16H2,(H,23,25)/b10-9+. The molecule has 0 aliphatic carbocycles. The van der Waals surface area contributed by atoms with Crippen molar-refractivity contribution in [2.24, 2.45) is 0 Å². The topological polar surface area (TPSA) is 41.6 Å². The van der Waals surface area contributed by atoms with E-state index in [0.29, 0.717) is 6.54 Å². The monoisotopic (exact) mass is 414 g/mol. The molecule has 0 unspecified atom stereocenters. The van der Waals surface area contributed by atoms with E-state index in [-0.39, 0.29) is 5.91 Å². The third kappa shape index (κ3) is 5.80. The lowest BCUT2D eigenvalue weighted by atomic mass is 10.1. The van der Waals surface area contributed by atoms with Crippen molar-refractivity contribution in [2.45, 2.75) is 13.1 Å². The Bertz CT molecular complexity index is 753. The third-order valence-electron chi connectivity index (χ3n) is 4.32. The number of carbonyl (C=O) groups excluding carboxylic acids is 1. The van der Waals surface area contributed by atoms with Crippen LogP contribution in [0.2, 0.25) is 0 Å². The van der Waals surface area contributed by atoms with Crippen molar-refractivity contribution < 1.29 is 9.53 Å². The number of rotatable bonds is 6. The van der Waals surface area contributed by atoms with Gasteiger partial charge >= 0.3 is 0 Å². The Labute approximate surface area is 163 Å². The van der Waals surface area contributed by atoms with Crippen LogP contribution >= 0.6 is 15.9 Å². The molecular formula is C21H23BrN2O2. The molecule has 0 aromatic heterocycles. The summed E-state index contributed by atoms with van der Waals surface area (Å²) in [5.74, 6) is -0.0989. The van der Waals surface area contributed by atoms with Gasteiger partial charge < -0.3 is 10.1 Å². The van der Waals surface area contributed by atoms with Crippen LogP contribution in [-0.4, -0.2) is 37.1 Å². The van der Waals surface area contributed by atoms with Crippen LogP contribution in [0, 0.1) is 0 Å². The summed E-state index contributed by atoms with van der Waals surface area (Å²) in [6, 6.07) is 16.2. The number of nitrogens with one attached hydrogen (secondary N) is 1. The SMILES string of the molecule is O=C(/C=C/c1ccccc1Br)NCc1ccc(CN2CCOCC2)cc1. The first kappa shape index (κ1) is 18.8. The van der Waals surface area contributed by atoms with Crippen LogP contribution in [0.5, 0.6) is 0 Å². The number of hydrogen-bond acceptors (Lipinski definition) is 3. The summed E-state index contributed by atoms with van der Waals surface area (Å²) >= 11 is 3.47. The number of carbonyl (C=O) groups is 1. The summed E-state index contributed by atoms with van der Waals surface area (Å²) in [5, 5.41) is 2.92. The number of halogens is 1. The first-order valence-corrected chi connectivity index (χ1v) is 9.58. The molecule has 3 rings (SSSR count). The molecule has 0 spiro atoms. The van der Waals surface area contributed by atoms with Gasteiger partial charge in [-0.3, -0.25) is 9.69 Å². The number of hydrogen-bond donors (Lipinski definition) is 1. The van der Waals surface area contributed by atoms with E-state index in [1.807, 2.05) is 30.3 Å². The second-order valence-electron chi connectivity index (χ2n) is 6.28. The van der Waals surface area contributed by atoms with Crippen LogP contribution in [0.1, 0.15) is 16.7 Å². The molecule has 1 fully saturated rings. The molecule has 1 amide bonds. The molecule has 2 aromatic carbocycles. The van der Waals surface area contributed by atoms with E-state index in [2.05, 4.69) is 50.4 Å². The van der Waals surface area contributed by atoms with Gasteiger partial charge in [0.2, 0.25) is 5.91 Å². The molecule has 1 heterocycles. The summed E-state index contributed by atoms with van der Waals surface area (Å²) in [7, 11) is 0. The van der Waals surface area contributed by atoms with Crippen molar-refractivity contribution in [2.75, 3.05) is 26.3 Å². The summed E-state index contributed by atoms with van der Waals surface area (Å²) in [6.07, 6.45) is 3.37. The predicted octanol–water partition coefficient (Wildman–Crippen LogP) is 3.61. The van der Waals surface area contributed by atoms with Gasteiger partial charge in [0.1, 0.15) is 0 Å². The Kier molecular flexibility index (Phi) is 7.00. The highest BCUT2D eigenvalue weighted by atomic mass is 79.9. The van der Waals surface area contributed by atoms with E-state index in [1.54, 1.807) is 6.08 Å². The van der Waals surface area contributed by atoms with Gasteiger partial charge in [-0.25, -0.2) is 0 Å². The van der Waals surface area contributed by atoms with Gasteiger partial charge in [0.05, 0.1) is 13.2 Å². The lowest BCUT2D eigenvalue weighted by molar-refractivity contribution is -0.116. The first-order valence-electron chi connectivity index (χ1n) is 8.79. The molecule has 0 bridgehead atoms. The first-order chi connectivity index (χ1) is 12.7. The van der Waals surface area contributed by atoms with Crippen molar-refractivity contribution >= 4 is 27.9 Å². The summed E-state index contributed by atoms with van der Waals surface area (Å²) < 4.78 is 6.35. The van der Waals surface area contributed by atoms with Crippen LogP contribution in [0.3, 0.4) is 0 Å². The molecule has 4 nitrogen and oxygen atoms in total. The molecule has 0 saturated carbocycles. The molecule has 2 aromatic rings. The van der Waals surface area contributed by atoms with Gasteiger partial charge in [0, 0.05) is 36.7 Å². The predicted molar refractivity (Wildman–Crippen MR) is 108 cm³/mol. The van der Waals surface area contributed by atoms with E-state index in [4.69, 9.17) is 4.74 Å². The smallest absolute Gasteiger partial charge is 0.244 e. The van der Waals surface area contributed by atoms with Gasteiger partial charge in [-0.05, 0) is 28.8 Å². The van der Waals surface area contributed by atoms with Crippen LogP contribution in [-0.2, 0) is 22.6 Å². The highest BCUT2D eigenvalue weighted by Gasteiger charge is 2.10.